The summed E-state index contributed by atoms with van der Waals surface area (Å²) in [7, 11) is 1.44. The van der Waals surface area contributed by atoms with Crippen molar-refractivity contribution in [2.45, 2.75) is 26.8 Å². The summed E-state index contributed by atoms with van der Waals surface area (Å²) < 4.78 is 23.4. The Kier molecular flexibility index (Phi) is 8.50. The molecule has 11 heteroatoms. The first-order valence-corrected chi connectivity index (χ1v) is 13.0. The van der Waals surface area contributed by atoms with Crippen molar-refractivity contribution in [3.8, 4) is 17.2 Å². The number of carboxylic acids is 1. The molecule has 2 heterocycles. The number of carbonyl (C=O) groups excluding carboxylic acids is 1. The number of methoxy groups -OCH3 is 1. The van der Waals surface area contributed by atoms with E-state index in [0.717, 1.165) is 0 Å². The minimum absolute atomic E-state index is 0.185. The van der Waals surface area contributed by atoms with Crippen molar-refractivity contribution in [2.24, 2.45) is 4.99 Å². The largest absolute Gasteiger partial charge is 0.494 e. The zero-order chi connectivity index (χ0) is 28.1. The molecule has 0 aliphatic carbocycles. The first kappa shape index (κ1) is 27.6. The van der Waals surface area contributed by atoms with E-state index in [1.807, 2.05) is 19.1 Å². The zero-order valence-corrected chi connectivity index (χ0v) is 22.7. The number of carbonyl (C=O) groups is 2. The smallest absolute Gasteiger partial charge is 0.341 e. The molecule has 0 bridgehead atoms. The second-order valence-corrected chi connectivity index (χ2v) is 9.41. The Morgan fingerprint density at radius 2 is 1.82 bits per heavy atom. The topological polar surface area (TPSA) is 126 Å². The van der Waals surface area contributed by atoms with E-state index >= 15 is 0 Å². The van der Waals surface area contributed by atoms with Gasteiger partial charge in [0.1, 0.15) is 5.75 Å². The molecule has 0 saturated heterocycles. The van der Waals surface area contributed by atoms with E-state index in [4.69, 9.17) is 24.1 Å². The van der Waals surface area contributed by atoms with Gasteiger partial charge in [-0.25, -0.2) is 14.6 Å². The maximum absolute atomic E-state index is 13.8. The zero-order valence-electron chi connectivity index (χ0n) is 21.9. The second kappa shape index (κ2) is 12.0. The average molecular weight is 553 g/mol. The monoisotopic (exact) mass is 552 g/mol. The summed E-state index contributed by atoms with van der Waals surface area (Å²) in [5.74, 6) is -0.374. The van der Waals surface area contributed by atoms with Crippen molar-refractivity contribution in [2.75, 3.05) is 26.9 Å². The van der Waals surface area contributed by atoms with Crippen LogP contribution in [-0.4, -0.2) is 48.5 Å². The molecule has 39 heavy (non-hydrogen) atoms. The highest BCUT2D eigenvalue weighted by atomic mass is 32.1. The lowest BCUT2D eigenvalue weighted by Crippen LogP contribution is -2.39. The fourth-order valence-electron chi connectivity index (χ4n) is 4.20. The molecule has 0 spiro atoms. The Morgan fingerprint density at radius 3 is 2.46 bits per heavy atom. The first-order valence-electron chi connectivity index (χ1n) is 12.2. The van der Waals surface area contributed by atoms with Gasteiger partial charge in [-0.05, 0) is 62.2 Å². The summed E-state index contributed by atoms with van der Waals surface area (Å²) in [5, 5.41) is 8.89. The highest BCUT2D eigenvalue weighted by Gasteiger charge is 2.33. The van der Waals surface area contributed by atoms with E-state index in [1.54, 1.807) is 50.3 Å². The molecule has 0 fully saturated rings. The van der Waals surface area contributed by atoms with Gasteiger partial charge in [0.2, 0.25) is 0 Å². The molecule has 1 aliphatic rings. The number of rotatable bonds is 10. The fraction of sp³-hybridized carbons (Fsp3) is 0.286. The molecule has 1 aromatic heterocycles. The highest BCUT2D eigenvalue weighted by Crippen LogP contribution is 2.32. The highest BCUT2D eigenvalue weighted by molar-refractivity contribution is 7.07. The Bertz CT molecular complexity index is 1600. The third-order valence-electron chi connectivity index (χ3n) is 5.86. The maximum atomic E-state index is 13.8. The minimum atomic E-state index is -1.11. The number of hydrogen-bond acceptors (Lipinski definition) is 9. The number of aliphatic carboxylic acids is 1. The molecular weight excluding hydrogens is 524 g/mol. The third kappa shape index (κ3) is 5.88. The van der Waals surface area contributed by atoms with Gasteiger partial charge in [-0.2, -0.15) is 0 Å². The van der Waals surface area contributed by atoms with Gasteiger partial charge in [0, 0.05) is 0 Å². The predicted molar refractivity (Wildman–Crippen MR) is 144 cm³/mol. The number of nitrogens with zero attached hydrogens (tertiary/aromatic N) is 2. The van der Waals surface area contributed by atoms with Crippen molar-refractivity contribution in [1.82, 2.24) is 4.57 Å². The normalized spacial score (nSPS) is 14.9. The molecule has 1 unspecified atom stereocenters. The van der Waals surface area contributed by atoms with Crippen molar-refractivity contribution in [3.63, 3.8) is 0 Å². The third-order valence-corrected chi connectivity index (χ3v) is 6.84. The van der Waals surface area contributed by atoms with Crippen LogP contribution < -0.4 is 29.1 Å². The molecule has 1 aliphatic heterocycles. The van der Waals surface area contributed by atoms with E-state index in [0.29, 0.717) is 49.8 Å². The molecule has 0 saturated carbocycles. The van der Waals surface area contributed by atoms with Crippen LogP contribution in [0.2, 0.25) is 0 Å². The van der Waals surface area contributed by atoms with E-state index in [1.165, 1.54) is 23.0 Å². The lowest BCUT2D eigenvalue weighted by atomic mass is 9.96. The Labute approximate surface area is 228 Å². The molecular formula is C28H28N2O8S. The predicted octanol–water partition coefficient (Wildman–Crippen LogP) is 2.67. The molecule has 3 aromatic rings. The summed E-state index contributed by atoms with van der Waals surface area (Å²) >= 11 is 1.20. The summed E-state index contributed by atoms with van der Waals surface area (Å²) in [4.78, 5) is 42.7. The van der Waals surface area contributed by atoms with Crippen LogP contribution in [0.1, 0.15) is 37.9 Å². The van der Waals surface area contributed by atoms with Crippen LogP contribution in [0.25, 0.3) is 6.08 Å². The quantitative estimate of drug-likeness (QED) is 0.381. The molecule has 1 N–H and O–H groups in total. The number of hydrogen-bond donors (Lipinski definition) is 1. The van der Waals surface area contributed by atoms with Gasteiger partial charge >= 0.3 is 11.9 Å². The van der Waals surface area contributed by atoms with Crippen LogP contribution >= 0.6 is 11.3 Å². The number of aromatic nitrogens is 1. The standard InChI is InChI=1S/C28H28N2O8S/c1-5-36-19-10-8-18(9-11-19)25-24(27(34)37-6-2)16(3)29-28-30(25)26(33)22(39-28)14-17-7-12-20(21(13-17)35-4)38-15-23(31)32/h7-14,25H,5-6,15H2,1-4H3,(H,31,32)/b22-14-. The number of carboxylic acid groups (broad SMARTS) is 1. The summed E-state index contributed by atoms with van der Waals surface area (Å²) in [5.41, 5.74) is 1.80. The lowest BCUT2D eigenvalue weighted by molar-refractivity contribution is -0.140. The molecule has 2 aromatic carbocycles. The Balaban J connectivity index is 1.83. The van der Waals surface area contributed by atoms with E-state index in [9.17, 15) is 14.4 Å². The number of fused-ring (bicyclic) bond motifs is 1. The summed E-state index contributed by atoms with van der Waals surface area (Å²) in [6.07, 6.45) is 1.69. The van der Waals surface area contributed by atoms with Gasteiger partial charge in [-0.1, -0.05) is 29.5 Å². The SMILES string of the molecule is CCOC(=O)C1=C(C)N=c2s/c(=C\c3ccc(OCC(=O)O)c(OC)c3)c(=O)n2C1c1ccc(OCC)cc1. The van der Waals surface area contributed by atoms with Gasteiger partial charge in [-0.15, -0.1) is 0 Å². The molecule has 10 nitrogen and oxygen atoms in total. The van der Waals surface area contributed by atoms with Crippen LogP contribution in [-0.2, 0) is 14.3 Å². The average Bonchev–Trinajstić information content (AvgIpc) is 3.21. The lowest BCUT2D eigenvalue weighted by Gasteiger charge is -2.24. The van der Waals surface area contributed by atoms with Crippen molar-refractivity contribution in [3.05, 3.63) is 84.5 Å². The van der Waals surface area contributed by atoms with Crippen LogP contribution in [0.3, 0.4) is 0 Å². The Morgan fingerprint density at radius 1 is 1.08 bits per heavy atom. The van der Waals surface area contributed by atoms with Crippen LogP contribution in [0.4, 0.5) is 0 Å². The van der Waals surface area contributed by atoms with Crippen molar-refractivity contribution in [1.29, 1.82) is 0 Å². The van der Waals surface area contributed by atoms with Crippen LogP contribution in [0.5, 0.6) is 17.2 Å². The molecule has 204 valence electrons. The minimum Gasteiger partial charge on any atom is -0.494 e. The molecule has 1 atom stereocenters. The number of allylic oxidation sites excluding steroid dienone is 1. The van der Waals surface area contributed by atoms with Gasteiger partial charge in [0.15, 0.2) is 22.9 Å². The van der Waals surface area contributed by atoms with E-state index < -0.39 is 24.6 Å². The van der Waals surface area contributed by atoms with Gasteiger partial charge in [0.05, 0.1) is 42.2 Å². The number of thiazole rings is 1. The molecule has 4 rings (SSSR count). The van der Waals surface area contributed by atoms with Gasteiger partial charge < -0.3 is 24.1 Å². The van der Waals surface area contributed by atoms with Crippen LogP contribution in [0, 0.1) is 0 Å². The number of benzene rings is 2. The maximum Gasteiger partial charge on any atom is 0.341 e. The van der Waals surface area contributed by atoms with E-state index in [2.05, 4.69) is 4.99 Å². The molecule has 0 amide bonds. The number of ether oxygens (including phenoxy) is 4. The number of esters is 1. The Hall–Kier alpha value is -4.38. The second-order valence-electron chi connectivity index (χ2n) is 8.40. The van der Waals surface area contributed by atoms with E-state index in [-0.39, 0.29) is 17.9 Å². The summed E-state index contributed by atoms with van der Waals surface area (Å²) in [6, 6.07) is 11.4. The van der Waals surface area contributed by atoms with Gasteiger partial charge in [0.25, 0.3) is 5.56 Å². The summed E-state index contributed by atoms with van der Waals surface area (Å²) in [6.45, 7) is 5.53. The van der Waals surface area contributed by atoms with Crippen molar-refractivity contribution >= 4 is 29.4 Å². The fourth-order valence-corrected chi connectivity index (χ4v) is 5.25. The van der Waals surface area contributed by atoms with Gasteiger partial charge in [-0.3, -0.25) is 9.36 Å². The van der Waals surface area contributed by atoms with Crippen LogP contribution in [0.15, 0.2) is 63.5 Å². The molecule has 0 radical (unpaired) electrons. The first-order chi connectivity index (χ1) is 18.8. The van der Waals surface area contributed by atoms with Crippen molar-refractivity contribution < 1.29 is 33.6 Å².